The number of hydrogen-bond donors (Lipinski definition) is 2. The first-order valence-corrected chi connectivity index (χ1v) is 11.9. The minimum atomic E-state index is -0.561. The number of carbonyl (C=O) groups is 2. The molecule has 0 aliphatic rings. The number of nitrogens with one attached hydrogen (secondary N) is 1. The maximum atomic E-state index is 12.6. The van der Waals surface area contributed by atoms with E-state index in [0.717, 1.165) is 24.0 Å². The number of rotatable bonds is 14. The fourth-order valence-corrected chi connectivity index (χ4v) is 3.29. The first-order chi connectivity index (χ1) is 17.4. The molecule has 0 radical (unpaired) electrons. The third kappa shape index (κ3) is 10.7. The average molecular weight is 498 g/mol. The number of anilines is 1. The van der Waals surface area contributed by atoms with Crippen molar-refractivity contribution in [1.29, 1.82) is 0 Å². The van der Waals surface area contributed by atoms with Crippen LogP contribution in [0.15, 0.2) is 72.3 Å². The third-order valence-electron chi connectivity index (χ3n) is 5.05. The van der Waals surface area contributed by atoms with Crippen LogP contribution >= 0.6 is 0 Å². The summed E-state index contributed by atoms with van der Waals surface area (Å²) in [5, 5.41) is 11.7. The Bertz CT molecular complexity index is 998. The van der Waals surface area contributed by atoms with Gasteiger partial charge >= 0.3 is 12.1 Å². The van der Waals surface area contributed by atoms with Crippen LogP contribution in [-0.2, 0) is 14.3 Å². The number of ether oxygens (including phenoxy) is 4. The van der Waals surface area contributed by atoms with Gasteiger partial charge in [-0.15, -0.1) is 0 Å². The molecule has 0 unspecified atom stereocenters. The highest BCUT2D eigenvalue weighted by Crippen LogP contribution is 2.27. The van der Waals surface area contributed by atoms with Crippen LogP contribution in [0.2, 0.25) is 0 Å². The molecule has 0 saturated heterocycles. The highest BCUT2D eigenvalue weighted by atomic mass is 16.6. The van der Waals surface area contributed by atoms with Gasteiger partial charge in [-0.05, 0) is 80.6 Å². The Balaban J connectivity index is 2.00. The Hall–Kier alpha value is -3.78. The average Bonchev–Trinajstić information content (AvgIpc) is 2.87. The highest BCUT2D eigenvalue weighted by Gasteiger charge is 2.17. The van der Waals surface area contributed by atoms with E-state index in [0.29, 0.717) is 30.2 Å². The summed E-state index contributed by atoms with van der Waals surface area (Å²) in [6.45, 7) is 4.08. The summed E-state index contributed by atoms with van der Waals surface area (Å²) >= 11 is 0. The van der Waals surface area contributed by atoms with Crippen molar-refractivity contribution < 1.29 is 33.6 Å². The van der Waals surface area contributed by atoms with Crippen LogP contribution in [0.1, 0.15) is 44.8 Å². The summed E-state index contributed by atoms with van der Waals surface area (Å²) < 4.78 is 21.2. The molecule has 1 amide bonds. The lowest BCUT2D eigenvalue weighted by Crippen LogP contribution is -2.17. The van der Waals surface area contributed by atoms with Crippen molar-refractivity contribution in [2.24, 2.45) is 0 Å². The molecule has 0 aliphatic heterocycles. The standard InChI is InChI=1S/C28H35NO7/c1-4-34-27(31)20-21(2)8-6-5-7-9-26(22-10-14-25(15-11-22)35-19-18-30)36-28(32)29-23-12-16-24(33-3)17-13-23/h6,8,10-17,20,26,30H,4-5,7,9,18-19H2,1-3H3,(H,29,32)/b8-6+,21-20+/t26-/m0/s1. The first kappa shape index (κ1) is 28.5. The van der Waals surface area contributed by atoms with Gasteiger partial charge in [0.2, 0.25) is 0 Å². The van der Waals surface area contributed by atoms with Crippen LogP contribution in [0.5, 0.6) is 11.5 Å². The van der Waals surface area contributed by atoms with Crippen LogP contribution in [-0.4, -0.2) is 44.1 Å². The van der Waals surface area contributed by atoms with E-state index in [-0.39, 0.29) is 19.2 Å². The van der Waals surface area contributed by atoms with Crippen molar-refractivity contribution >= 4 is 17.7 Å². The maximum Gasteiger partial charge on any atom is 0.412 e. The second kappa shape index (κ2) is 16.0. The van der Waals surface area contributed by atoms with Crippen LogP contribution in [0.3, 0.4) is 0 Å². The number of unbranched alkanes of at least 4 members (excludes halogenated alkanes) is 1. The molecule has 2 aromatic rings. The summed E-state index contributed by atoms with van der Waals surface area (Å²) in [6.07, 6.45) is 6.36. The van der Waals surface area contributed by atoms with Gasteiger partial charge in [-0.2, -0.15) is 0 Å². The van der Waals surface area contributed by atoms with E-state index in [2.05, 4.69) is 5.32 Å². The summed E-state index contributed by atoms with van der Waals surface area (Å²) in [5.41, 5.74) is 2.23. The monoisotopic (exact) mass is 497 g/mol. The maximum absolute atomic E-state index is 12.6. The number of amides is 1. The second-order valence-electron chi connectivity index (χ2n) is 7.86. The minimum Gasteiger partial charge on any atom is -0.497 e. The molecular weight excluding hydrogens is 462 g/mol. The van der Waals surface area contributed by atoms with Gasteiger partial charge in [0.25, 0.3) is 0 Å². The zero-order chi connectivity index (χ0) is 26.2. The highest BCUT2D eigenvalue weighted by molar-refractivity contribution is 5.85. The van der Waals surface area contributed by atoms with E-state index in [9.17, 15) is 9.59 Å². The summed E-state index contributed by atoms with van der Waals surface area (Å²) in [7, 11) is 1.58. The van der Waals surface area contributed by atoms with Gasteiger partial charge in [0.05, 0.1) is 20.3 Å². The van der Waals surface area contributed by atoms with Crippen molar-refractivity contribution in [3.8, 4) is 11.5 Å². The number of allylic oxidation sites excluding steroid dienone is 3. The Morgan fingerprint density at radius 3 is 2.39 bits per heavy atom. The van der Waals surface area contributed by atoms with E-state index in [4.69, 9.17) is 24.1 Å². The third-order valence-corrected chi connectivity index (χ3v) is 5.05. The number of methoxy groups -OCH3 is 1. The zero-order valence-corrected chi connectivity index (χ0v) is 21.1. The van der Waals surface area contributed by atoms with Gasteiger partial charge in [-0.25, -0.2) is 9.59 Å². The zero-order valence-electron chi connectivity index (χ0n) is 21.1. The Morgan fingerprint density at radius 2 is 1.75 bits per heavy atom. The molecule has 0 fully saturated rings. The molecule has 0 spiro atoms. The summed E-state index contributed by atoms with van der Waals surface area (Å²) in [6, 6.07) is 14.2. The fourth-order valence-electron chi connectivity index (χ4n) is 3.29. The molecule has 0 heterocycles. The van der Waals surface area contributed by atoms with Crippen molar-refractivity contribution in [3.63, 3.8) is 0 Å². The number of hydrogen-bond acceptors (Lipinski definition) is 7. The van der Waals surface area contributed by atoms with Crippen LogP contribution in [0, 0.1) is 0 Å². The van der Waals surface area contributed by atoms with Crippen LogP contribution < -0.4 is 14.8 Å². The van der Waals surface area contributed by atoms with Gasteiger partial charge in [0.15, 0.2) is 0 Å². The molecule has 36 heavy (non-hydrogen) atoms. The Morgan fingerprint density at radius 1 is 1.06 bits per heavy atom. The van der Waals surface area contributed by atoms with E-state index in [1.165, 1.54) is 6.08 Å². The summed E-state index contributed by atoms with van der Waals surface area (Å²) in [5.74, 6) is 0.958. The van der Waals surface area contributed by atoms with Crippen molar-refractivity contribution in [3.05, 3.63) is 77.9 Å². The van der Waals surface area contributed by atoms with E-state index in [1.54, 1.807) is 50.4 Å². The van der Waals surface area contributed by atoms with E-state index >= 15 is 0 Å². The predicted molar refractivity (Wildman–Crippen MR) is 138 cm³/mol. The normalized spacial score (nSPS) is 12.2. The SMILES string of the molecule is CCOC(=O)/C=C(C)/C=C/CCC[C@H](OC(=O)Nc1ccc(OC)cc1)c1ccc(OCCO)cc1. The predicted octanol–water partition coefficient (Wildman–Crippen LogP) is 5.59. The number of aliphatic hydroxyl groups excluding tert-OH is 1. The van der Waals surface area contributed by atoms with Crippen LogP contribution in [0.25, 0.3) is 0 Å². The van der Waals surface area contributed by atoms with Gasteiger partial charge in [-0.3, -0.25) is 5.32 Å². The van der Waals surface area contributed by atoms with Gasteiger partial charge in [0, 0.05) is 11.8 Å². The lowest BCUT2D eigenvalue weighted by Gasteiger charge is -2.19. The smallest absolute Gasteiger partial charge is 0.412 e. The molecule has 8 heteroatoms. The Kier molecular flexibility index (Phi) is 12.6. The molecule has 0 bridgehead atoms. The number of esters is 1. The summed E-state index contributed by atoms with van der Waals surface area (Å²) in [4.78, 5) is 24.1. The topological polar surface area (TPSA) is 103 Å². The molecule has 2 N–H and O–H groups in total. The molecule has 1 atom stereocenters. The second-order valence-corrected chi connectivity index (χ2v) is 7.86. The van der Waals surface area contributed by atoms with Crippen molar-refractivity contribution in [1.82, 2.24) is 0 Å². The van der Waals surface area contributed by atoms with Crippen molar-refractivity contribution in [2.75, 3.05) is 32.2 Å². The van der Waals surface area contributed by atoms with Crippen LogP contribution in [0.4, 0.5) is 10.5 Å². The quantitative estimate of drug-likeness (QED) is 0.152. The minimum absolute atomic E-state index is 0.0685. The van der Waals surface area contributed by atoms with Crippen molar-refractivity contribution in [2.45, 2.75) is 39.2 Å². The molecule has 0 aromatic heterocycles. The molecule has 2 aromatic carbocycles. The van der Waals surface area contributed by atoms with E-state index in [1.807, 2.05) is 31.2 Å². The van der Waals surface area contributed by atoms with E-state index < -0.39 is 12.2 Å². The Labute approximate surface area is 212 Å². The first-order valence-electron chi connectivity index (χ1n) is 11.9. The molecule has 0 aliphatic carbocycles. The fraction of sp³-hybridized carbons (Fsp3) is 0.357. The molecule has 0 saturated carbocycles. The lowest BCUT2D eigenvalue weighted by atomic mass is 10.0. The molecular formula is C28H35NO7. The number of carbonyl (C=O) groups excluding carboxylic acids is 2. The molecule has 194 valence electrons. The lowest BCUT2D eigenvalue weighted by molar-refractivity contribution is -0.137. The largest absolute Gasteiger partial charge is 0.497 e. The number of benzene rings is 2. The molecule has 2 rings (SSSR count). The van der Waals surface area contributed by atoms with Gasteiger partial charge in [-0.1, -0.05) is 24.3 Å². The number of aliphatic hydroxyl groups is 1. The van der Waals surface area contributed by atoms with Gasteiger partial charge in [0.1, 0.15) is 24.2 Å². The van der Waals surface area contributed by atoms with Gasteiger partial charge < -0.3 is 24.1 Å². The molecule has 8 nitrogen and oxygen atoms in total.